The third-order valence-corrected chi connectivity index (χ3v) is 8.25. The van der Waals surface area contributed by atoms with Crippen molar-refractivity contribution in [2.24, 2.45) is 11.3 Å². The van der Waals surface area contributed by atoms with Crippen molar-refractivity contribution in [1.82, 2.24) is 0 Å². The number of carbonyl (C=O) groups is 1. The summed E-state index contributed by atoms with van der Waals surface area (Å²) in [6.07, 6.45) is 0.891. The van der Waals surface area contributed by atoms with E-state index >= 15 is 0 Å². The van der Waals surface area contributed by atoms with Crippen LogP contribution in [0.1, 0.15) is 49.4 Å². The summed E-state index contributed by atoms with van der Waals surface area (Å²) >= 11 is 0. The van der Waals surface area contributed by atoms with Crippen LogP contribution in [0.15, 0.2) is 103 Å². The first-order chi connectivity index (χ1) is 20.7. The van der Waals surface area contributed by atoms with Crippen LogP contribution >= 0.6 is 0 Å². The van der Waals surface area contributed by atoms with Crippen molar-refractivity contribution in [3.8, 4) is 5.75 Å². The molecule has 43 heavy (non-hydrogen) atoms. The Labute approximate surface area is 251 Å². The van der Waals surface area contributed by atoms with Crippen molar-refractivity contribution >= 4 is 11.6 Å². The van der Waals surface area contributed by atoms with Gasteiger partial charge in [-0.25, -0.2) is 8.78 Å². The number of rotatable bonds is 9. The highest BCUT2D eigenvalue weighted by Crippen LogP contribution is 2.49. The monoisotopic (exact) mass is 583 g/mol. The molecule has 2 heterocycles. The lowest BCUT2D eigenvalue weighted by Crippen LogP contribution is -2.56. The van der Waals surface area contributed by atoms with Crippen LogP contribution in [0, 0.1) is 23.0 Å². The molecule has 2 unspecified atom stereocenters. The number of β-lactam (4-membered cyclic amide) rings is 1. The maximum atomic E-state index is 13.8. The topological polar surface area (TPSA) is 48.0 Å². The Balaban J connectivity index is 1.24. The van der Waals surface area contributed by atoms with Gasteiger partial charge in [-0.05, 0) is 66.1 Å². The molecule has 2 aliphatic rings. The lowest BCUT2D eigenvalue weighted by Gasteiger charge is -2.49. The first-order valence-corrected chi connectivity index (χ1v) is 14.6. The molecule has 0 spiro atoms. The van der Waals surface area contributed by atoms with E-state index in [1.807, 2.05) is 54.6 Å². The summed E-state index contributed by atoms with van der Waals surface area (Å²) < 4.78 is 46.3. The Bertz CT molecular complexity index is 1530. The molecule has 0 radical (unpaired) electrons. The number of amides is 1. The molecule has 2 aliphatic heterocycles. The highest BCUT2D eigenvalue weighted by atomic mass is 19.1. The molecule has 6 rings (SSSR count). The van der Waals surface area contributed by atoms with Gasteiger partial charge in [-0.3, -0.25) is 4.79 Å². The summed E-state index contributed by atoms with van der Waals surface area (Å²) in [6.45, 7) is 5.54. The average Bonchev–Trinajstić information content (AvgIpc) is 3.02. The fourth-order valence-electron chi connectivity index (χ4n) is 5.81. The van der Waals surface area contributed by atoms with Crippen molar-refractivity contribution in [3.05, 3.63) is 131 Å². The minimum atomic E-state index is -1.08. The lowest BCUT2D eigenvalue weighted by atomic mass is 9.77. The molecule has 0 saturated carbocycles. The minimum Gasteiger partial charge on any atom is -0.489 e. The van der Waals surface area contributed by atoms with Crippen LogP contribution < -0.4 is 9.64 Å². The van der Waals surface area contributed by atoms with Crippen LogP contribution in [-0.2, 0) is 26.7 Å². The first-order valence-electron chi connectivity index (χ1n) is 14.6. The van der Waals surface area contributed by atoms with E-state index in [0.29, 0.717) is 38.3 Å². The quantitative estimate of drug-likeness (QED) is 0.188. The zero-order chi connectivity index (χ0) is 30.0. The molecule has 4 aromatic carbocycles. The molecular formula is C36H35F2NO4. The smallest absolute Gasteiger partial charge is 0.233 e. The number of nitrogens with zero attached hydrogens (tertiary/aromatic N) is 1. The van der Waals surface area contributed by atoms with Gasteiger partial charge >= 0.3 is 0 Å². The second-order valence-electron chi connectivity index (χ2n) is 12.1. The number of hydrogen-bond donors (Lipinski definition) is 0. The average molecular weight is 584 g/mol. The highest BCUT2D eigenvalue weighted by Gasteiger charge is 2.51. The molecule has 2 atom stereocenters. The largest absolute Gasteiger partial charge is 0.489 e. The summed E-state index contributed by atoms with van der Waals surface area (Å²) in [4.78, 5) is 15.4. The highest BCUT2D eigenvalue weighted by molar-refractivity contribution is 6.03. The summed E-state index contributed by atoms with van der Waals surface area (Å²) in [5.41, 5.74) is 3.22. The number of hydrogen-bond acceptors (Lipinski definition) is 4. The number of ether oxygens (including phenoxy) is 3. The van der Waals surface area contributed by atoms with Crippen LogP contribution in [0.4, 0.5) is 14.5 Å². The summed E-state index contributed by atoms with van der Waals surface area (Å²) in [7, 11) is 0. The Hall–Kier alpha value is -4.07. The fraction of sp³-hybridized carbons (Fsp3) is 0.306. The van der Waals surface area contributed by atoms with Crippen molar-refractivity contribution in [1.29, 1.82) is 0 Å². The van der Waals surface area contributed by atoms with Crippen LogP contribution in [0.3, 0.4) is 0 Å². The third-order valence-electron chi connectivity index (χ3n) is 8.25. The Morgan fingerprint density at radius 3 is 2.05 bits per heavy atom. The number of halogens is 2. The molecular weight excluding hydrogens is 548 g/mol. The molecule has 0 bridgehead atoms. The maximum Gasteiger partial charge on any atom is 0.233 e. The first kappa shape index (κ1) is 29.0. The van der Waals surface area contributed by atoms with Gasteiger partial charge < -0.3 is 19.1 Å². The van der Waals surface area contributed by atoms with Gasteiger partial charge in [0, 0.05) is 23.1 Å². The number of benzene rings is 4. The van der Waals surface area contributed by atoms with E-state index in [-0.39, 0.29) is 34.9 Å². The van der Waals surface area contributed by atoms with Gasteiger partial charge in [0.25, 0.3) is 0 Å². The molecule has 0 N–H and O–H groups in total. The molecule has 0 aliphatic carbocycles. The predicted octanol–water partition coefficient (Wildman–Crippen LogP) is 7.95. The Morgan fingerprint density at radius 1 is 0.814 bits per heavy atom. The summed E-state index contributed by atoms with van der Waals surface area (Å²) in [6, 6.07) is 29.6. The van der Waals surface area contributed by atoms with E-state index in [9.17, 15) is 13.6 Å². The normalized spacial score (nSPS) is 20.8. The van der Waals surface area contributed by atoms with E-state index in [4.69, 9.17) is 14.2 Å². The van der Waals surface area contributed by atoms with Crippen LogP contribution in [0.2, 0.25) is 0 Å². The molecule has 2 saturated heterocycles. The number of carbonyl (C=O) groups excluding carboxylic acids is 1. The lowest BCUT2D eigenvalue weighted by molar-refractivity contribution is -0.312. The molecule has 222 valence electrons. The van der Waals surface area contributed by atoms with Crippen molar-refractivity contribution in [3.63, 3.8) is 0 Å². The fourth-order valence-corrected chi connectivity index (χ4v) is 5.81. The van der Waals surface area contributed by atoms with Gasteiger partial charge in [-0.2, -0.15) is 0 Å². The van der Waals surface area contributed by atoms with Crippen LogP contribution in [0.5, 0.6) is 5.75 Å². The molecule has 1 amide bonds. The Morgan fingerprint density at radius 2 is 1.42 bits per heavy atom. The van der Waals surface area contributed by atoms with Crippen LogP contribution in [0.25, 0.3) is 0 Å². The zero-order valence-corrected chi connectivity index (χ0v) is 24.3. The molecule has 2 fully saturated rings. The van der Waals surface area contributed by atoms with Crippen molar-refractivity contribution in [2.45, 2.75) is 45.1 Å². The van der Waals surface area contributed by atoms with Gasteiger partial charge in [0.1, 0.15) is 24.0 Å². The minimum absolute atomic E-state index is 0.0496. The standard InChI is InChI=1S/C36H35F2NO4/c1-35(2)23-42-36(43-24-35,27-10-12-28(37)13-11-27)21-20-32-33(39(34(32)40)30-16-14-29(38)15-17-30)26-8-18-31(19-9-26)41-22-25-6-4-3-5-7-25/h3-19,32-33H,20-24H2,1-2H3. The van der Waals surface area contributed by atoms with Gasteiger partial charge in [-0.1, -0.05) is 68.4 Å². The molecule has 4 aromatic rings. The van der Waals surface area contributed by atoms with Crippen molar-refractivity contribution in [2.75, 3.05) is 18.1 Å². The maximum absolute atomic E-state index is 13.8. The summed E-state index contributed by atoms with van der Waals surface area (Å²) in [5.74, 6) is -1.47. The molecule has 5 nitrogen and oxygen atoms in total. The third kappa shape index (κ3) is 6.19. The van der Waals surface area contributed by atoms with E-state index in [1.165, 1.54) is 24.3 Å². The molecule has 0 aromatic heterocycles. The van der Waals surface area contributed by atoms with E-state index in [2.05, 4.69) is 13.8 Å². The van der Waals surface area contributed by atoms with Crippen LogP contribution in [-0.4, -0.2) is 19.1 Å². The second-order valence-corrected chi connectivity index (χ2v) is 12.1. The van der Waals surface area contributed by atoms with E-state index in [0.717, 1.165) is 22.4 Å². The van der Waals surface area contributed by atoms with Gasteiger partial charge in [0.05, 0.1) is 25.2 Å². The Kier molecular flexibility index (Phi) is 8.03. The number of anilines is 1. The zero-order valence-electron chi connectivity index (χ0n) is 24.3. The second kappa shape index (κ2) is 11.9. The van der Waals surface area contributed by atoms with Gasteiger partial charge in [0.15, 0.2) is 5.79 Å². The van der Waals surface area contributed by atoms with Gasteiger partial charge in [0.2, 0.25) is 5.91 Å². The van der Waals surface area contributed by atoms with E-state index in [1.54, 1.807) is 29.2 Å². The van der Waals surface area contributed by atoms with Crippen molar-refractivity contribution < 1.29 is 27.8 Å². The summed E-state index contributed by atoms with van der Waals surface area (Å²) in [5, 5.41) is 0. The predicted molar refractivity (Wildman–Crippen MR) is 160 cm³/mol. The van der Waals surface area contributed by atoms with Gasteiger partial charge in [-0.15, -0.1) is 0 Å². The molecule has 7 heteroatoms. The SMILES string of the molecule is CC1(C)COC(CCC2C(=O)N(c3ccc(F)cc3)C2c2ccc(OCc3ccccc3)cc2)(c2ccc(F)cc2)OC1. The van der Waals surface area contributed by atoms with E-state index < -0.39 is 5.79 Å².